The lowest BCUT2D eigenvalue weighted by Gasteiger charge is -2.27. The van der Waals surface area contributed by atoms with Gasteiger partial charge in [-0.3, -0.25) is 0 Å². The largest absolute Gasteiger partial charge is 0.352 e. The second-order valence-electron chi connectivity index (χ2n) is 5.76. The molecule has 0 spiro atoms. The second-order valence-corrected chi connectivity index (χ2v) is 5.76. The van der Waals surface area contributed by atoms with Crippen LogP contribution in [0.5, 0.6) is 0 Å². The lowest BCUT2D eigenvalue weighted by Crippen LogP contribution is -2.39. The number of hydrogen-bond donors (Lipinski definition) is 3. The van der Waals surface area contributed by atoms with Gasteiger partial charge in [-0.05, 0) is 19.3 Å². The molecule has 0 saturated carbocycles. The number of hydrogen-bond acceptors (Lipinski definition) is 3. The zero-order valence-electron chi connectivity index (χ0n) is 12.0. The number of amides is 2. The Bertz CT molecular complexity index is 265. The molecule has 0 bridgehead atoms. The van der Waals surface area contributed by atoms with Crippen LogP contribution in [0.3, 0.4) is 0 Å². The van der Waals surface area contributed by atoms with Crippen LogP contribution in [0.2, 0.25) is 0 Å². The number of rotatable bonds is 9. The van der Waals surface area contributed by atoms with Crippen LogP contribution >= 0.6 is 0 Å². The molecule has 0 aromatic rings. The van der Waals surface area contributed by atoms with Crippen molar-refractivity contribution in [1.82, 2.24) is 10.6 Å². The summed E-state index contributed by atoms with van der Waals surface area (Å²) in [4.78, 5) is 21.5. The number of aldehydes is 1. The molecule has 0 unspecified atom stereocenters. The van der Waals surface area contributed by atoms with E-state index in [4.69, 9.17) is 5.73 Å². The molecule has 0 aliphatic rings. The van der Waals surface area contributed by atoms with Crippen molar-refractivity contribution in [3.63, 3.8) is 0 Å². The monoisotopic (exact) mass is 257 g/mol. The van der Waals surface area contributed by atoms with E-state index in [9.17, 15) is 9.59 Å². The maximum atomic E-state index is 11.0. The molecule has 0 heterocycles. The van der Waals surface area contributed by atoms with Crippen molar-refractivity contribution in [2.75, 3.05) is 6.54 Å². The van der Waals surface area contributed by atoms with Gasteiger partial charge in [-0.2, -0.15) is 0 Å². The van der Waals surface area contributed by atoms with Crippen LogP contribution in [-0.4, -0.2) is 30.9 Å². The fourth-order valence-corrected chi connectivity index (χ4v) is 1.96. The van der Waals surface area contributed by atoms with Crippen LogP contribution < -0.4 is 16.4 Å². The Balaban J connectivity index is 4.15. The Hall–Kier alpha value is -1.10. The van der Waals surface area contributed by atoms with Gasteiger partial charge in [-0.15, -0.1) is 0 Å². The summed E-state index contributed by atoms with van der Waals surface area (Å²) >= 11 is 0. The summed E-state index contributed by atoms with van der Waals surface area (Å²) < 4.78 is 0. The summed E-state index contributed by atoms with van der Waals surface area (Å²) in [7, 11) is 0. The van der Waals surface area contributed by atoms with Gasteiger partial charge in [0, 0.05) is 24.0 Å². The van der Waals surface area contributed by atoms with Crippen LogP contribution in [0.1, 0.15) is 47.0 Å². The average molecular weight is 257 g/mol. The molecule has 0 aliphatic carbocycles. The first-order valence-electron chi connectivity index (χ1n) is 6.52. The van der Waals surface area contributed by atoms with Crippen molar-refractivity contribution >= 4 is 12.3 Å². The van der Waals surface area contributed by atoms with Crippen LogP contribution in [0, 0.1) is 5.41 Å². The molecule has 0 aromatic heterocycles. The molecule has 0 aromatic carbocycles. The fraction of sp³-hybridized carbons (Fsp3) is 0.846. The maximum Gasteiger partial charge on any atom is 0.312 e. The SMILES string of the molecule is CC(C)N[C@H](CCCNC(N)=O)CC(C)(C)C=O. The third-order valence-corrected chi connectivity index (χ3v) is 2.69. The molecular weight excluding hydrogens is 230 g/mol. The highest BCUT2D eigenvalue weighted by atomic mass is 16.2. The standard InChI is InChI=1S/C13H27N3O2/c1-10(2)16-11(8-13(3,4)9-17)6-5-7-15-12(14)18/h9-11,16H,5-8H2,1-4H3,(H3,14,15,18)/t11-/m1/s1. The van der Waals surface area contributed by atoms with Gasteiger partial charge in [0.15, 0.2) is 0 Å². The summed E-state index contributed by atoms with van der Waals surface area (Å²) in [6.07, 6.45) is 3.56. The fourth-order valence-electron chi connectivity index (χ4n) is 1.96. The summed E-state index contributed by atoms with van der Waals surface area (Å²) in [6.45, 7) is 8.63. The predicted molar refractivity (Wildman–Crippen MR) is 73.3 cm³/mol. The third kappa shape index (κ3) is 8.98. The van der Waals surface area contributed by atoms with Gasteiger partial charge in [0.05, 0.1) is 0 Å². The predicted octanol–water partition coefficient (Wildman–Crippen LogP) is 1.42. The minimum atomic E-state index is -0.489. The minimum Gasteiger partial charge on any atom is -0.352 e. The summed E-state index contributed by atoms with van der Waals surface area (Å²) in [5, 5.41) is 6.03. The average Bonchev–Trinajstić information content (AvgIpc) is 2.22. The van der Waals surface area contributed by atoms with E-state index in [2.05, 4.69) is 24.5 Å². The molecular formula is C13H27N3O2. The Morgan fingerprint density at radius 1 is 1.39 bits per heavy atom. The van der Waals surface area contributed by atoms with Gasteiger partial charge < -0.3 is 21.2 Å². The topological polar surface area (TPSA) is 84.2 Å². The highest BCUT2D eigenvalue weighted by Crippen LogP contribution is 2.21. The molecule has 1 atom stereocenters. The van der Waals surface area contributed by atoms with E-state index < -0.39 is 6.03 Å². The Morgan fingerprint density at radius 2 is 2.00 bits per heavy atom. The van der Waals surface area contributed by atoms with Gasteiger partial charge in [-0.1, -0.05) is 27.7 Å². The van der Waals surface area contributed by atoms with Crippen molar-refractivity contribution in [2.45, 2.75) is 59.0 Å². The first-order valence-corrected chi connectivity index (χ1v) is 6.52. The Labute approximate surface area is 110 Å². The third-order valence-electron chi connectivity index (χ3n) is 2.69. The molecule has 0 radical (unpaired) electrons. The van der Waals surface area contributed by atoms with Crippen molar-refractivity contribution in [2.24, 2.45) is 11.1 Å². The smallest absolute Gasteiger partial charge is 0.312 e. The number of primary amides is 1. The zero-order chi connectivity index (χ0) is 14.2. The number of carbonyl (C=O) groups excluding carboxylic acids is 2. The van der Waals surface area contributed by atoms with Crippen LogP contribution in [0.25, 0.3) is 0 Å². The van der Waals surface area contributed by atoms with Gasteiger partial charge in [0.1, 0.15) is 6.29 Å². The number of nitrogens with one attached hydrogen (secondary N) is 2. The van der Waals surface area contributed by atoms with Gasteiger partial charge in [0.25, 0.3) is 0 Å². The molecule has 2 amide bonds. The number of nitrogens with two attached hydrogens (primary N) is 1. The van der Waals surface area contributed by atoms with E-state index in [1.807, 2.05) is 13.8 Å². The van der Waals surface area contributed by atoms with Crippen LogP contribution in [0.15, 0.2) is 0 Å². The first-order chi connectivity index (χ1) is 8.26. The molecule has 5 nitrogen and oxygen atoms in total. The lowest BCUT2D eigenvalue weighted by molar-refractivity contribution is -0.115. The molecule has 18 heavy (non-hydrogen) atoms. The molecule has 0 fully saturated rings. The number of urea groups is 1. The van der Waals surface area contributed by atoms with Crippen LogP contribution in [0.4, 0.5) is 4.79 Å². The van der Waals surface area contributed by atoms with Crippen molar-refractivity contribution in [3.8, 4) is 0 Å². The van der Waals surface area contributed by atoms with Crippen molar-refractivity contribution in [1.29, 1.82) is 0 Å². The van der Waals surface area contributed by atoms with E-state index in [0.717, 1.165) is 25.5 Å². The van der Waals surface area contributed by atoms with Crippen molar-refractivity contribution < 1.29 is 9.59 Å². The van der Waals surface area contributed by atoms with E-state index in [-0.39, 0.29) is 11.5 Å². The summed E-state index contributed by atoms with van der Waals surface area (Å²) in [5.41, 5.74) is 4.69. The number of carbonyl (C=O) groups is 2. The Morgan fingerprint density at radius 3 is 2.44 bits per heavy atom. The normalized spacial score (nSPS) is 13.4. The molecule has 0 rings (SSSR count). The van der Waals surface area contributed by atoms with Gasteiger partial charge in [-0.25, -0.2) is 4.79 Å². The van der Waals surface area contributed by atoms with Gasteiger partial charge in [0.2, 0.25) is 0 Å². The first kappa shape index (κ1) is 16.9. The van der Waals surface area contributed by atoms with Gasteiger partial charge >= 0.3 is 6.03 Å². The quantitative estimate of drug-likeness (QED) is 0.431. The molecule has 4 N–H and O–H groups in total. The second kappa shape index (κ2) is 8.08. The zero-order valence-corrected chi connectivity index (χ0v) is 12.0. The summed E-state index contributed by atoms with van der Waals surface area (Å²) in [5.74, 6) is 0. The summed E-state index contributed by atoms with van der Waals surface area (Å²) in [6, 6.07) is 0.165. The maximum absolute atomic E-state index is 11.0. The van der Waals surface area contributed by atoms with E-state index in [0.29, 0.717) is 12.6 Å². The van der Waals surface area contributed by atoms with Crippen molar-refractivity contribution in [3.05, 3.63) is 0 Å². The van der Waals surface area contributed by atoms with E-state index in [1.54, 1.807) is 0 Å². The highest BCUT2D eigenvalue weighted by molar-refractivity contribution is 5.71. The minimum absolute atomic E-state index is 0.278. The van der Waals surface area contributed by atoms with Crippen LogP contribution in [-0.2, 0) is 4.79 Å². The Kier molecular flexibility index (Phi) is 7.59. The molecule has 0 saturated heterocycles. The molecule has 5 heteroatoms. The highest BCUT2D eigenvalue weighted by Gasteiger charge is 2.22. The molecule has 0 aliphatic heterocycles. The van der Waals surface area contributed by atoms with E-state index >= 15 is 0 Å². The van der Waals surface area contributed by atoms with E-state index in [1.165, 1.54) is 0 Å². The lowest BCUT2D eigenvalue weighted by atomic mass is 9.85. The molecule has 106 valence electrons.